The molecule has 2 saturated heterocycles. The monoisotopic (exact) mass is 282 g/mol. The number of hydrogen-bond donors (Lipinski definition) is 1. The van der Waals surface area contributed by atoms with Crippen LogP contribution in [0.1, 0.15) is 18.9 Å². The van der Waals surface area contributed by atoms with Crippen molar-refractivity contribution >= 4 is 0 Å². The third-order valence-corrected chi connectivity index (χ3v) is 4.44. The van der Waals surface area contributed by atoms with Gasteiger partial charge in [-0.25, -0.2) is 8.78 Å². The van der Waals surface area contributed by atoms with Crippen LogP contribution < -0.4 is 0 Å². The molecule has 5 heteroatoms. The molecule has 1 aromatic carbocycles. The van der Waals surface area contributed by atoms with E-state index < -0.39 is 11.6 Å². The van der Waals surface area contributed by atoms with Crippen LogP contribution in [-0.4, -0.2) is 52.7 Å². The fourth-order valence-electron chi connectivity index (χ4n) is 3.37. The van der Waals surface area contributed by atoms with Crippen molar-refractivity contribution in [2.24, 2.45) is 0 Å². The highest BCUT2D eigenvalue weighted by Crippen LogP contribution is 2.26. The van der Waals surface area contributed by atoms with E-state index in [1.165, 1.54) is 12.1 Å². The van der Waals surface area contributed by atoms with Gasteiger partial charge >= 0.3 is 0 Å². The number of aliphatic hydroxyl groups is 1. The summed E-state index contributed by atoms with van der Waals surface area (Å²) in [5.41, 5.74) is 0.794. The van der Waals surface area contributed by atoms with Gasteiger partial charge in [-0.1, -0.05) is 6.07 Å². The number of halogens is 2. The Kier molecular flexibility index (Phi) is 3.75. The van der Waals surface area contributed by atoms with E-state index in [-0.39, 0.29) is 6.10 Å². The van der Waals surface area contributed by atoms with Crippen molar-refractivity contribution in [2.75, 3.05) is 19.6 Å². The number of benzene rings is 1. The summed E-state index contributed by atoms with van der Waals surface area (Å²) in [7, 11) is 0. The molecule has 3 rings (SSSR count). The molecule has 3 nitrogen and oxygen atoms in total. The molecule has 1 N–H and O–H groups in total. The van der Waals surface area contributed by atoms with Crippen molar-refractivity contribution in [3.05, 3.63) is 35.4 Å². The summed E-state index contributed by atoms with van der Waals surface area (Å²) in [6, 6.07) is 4.83. The molecule has 2 aliphatic rings. The van der Waals surface area contributed by atoms with E-state index >= 15 is 0 Å². The smallest absolute Gasteiger partial charge is 0.159 e. The van der Waals surface area contributed by atoms with Gasteiger partial charge in [0.25, 0.3) is 0 Å². The Balaban J connectivity index is 1.69. The minimum Gasteiger partial charge on any atom is -0.392 e. The van der Waals surface area contributed by atoms with Gasteiger partial charge in [0.15, 0.2) is 11.6 Å². The minimum atomic E-state index is -0.800. The van der Waals surface area contributed by atoms with E-state index in [0.717, 1.165) is 31.6 Å². The zero-order valence-electron chi connectivity index (χ0n) is 11.6. The van der Waals surface area contributed by atoms with Crippen molar-refractivity contribution in [3.8, 4) is 0 Å². The van der Waals surface area contributed by atoms with Crippen molar-refractivity contribution in [1.29, 1.82) is 0 Å². The van der Waals surface area contributed by atoms with Gasteiger partial charge in [0, 0.05) is 38.3 Å². The van der Waals surface area contributed by atoms with Crippen LogP contribution in [-0.2, 0) is 6.54 Å². The van der Waals surface area contributed by atoms with E-state index in [0.29, 0.717) is 18.6 Å². The van der Waals surface area contributed by atoms with Gasteiger partial charge in [-0.2, -0.15) is 0 Å². The van der Waals surface area contributed by atoms with Crippen LogP contribution in [0.2, 0.25) is 0 Å². The standard InChI is InChI=1S/C15H20F2N2O/c1-10-6-19-9-13(20)5-12(19)8-18(10)7-11-2-3-14(16)15(17)4-11/h2-4,10,12-13,20H,5-9H2,1H3/t10-,12+,13+/m0/s1. The molecule has 0 saturated carbocycles. The molecule has 3 atom stereocenters. The Hall–Kier alpha value is -1.04. The zero-order chi connectivity index (χ0) is 14.3. The summed E-state index contributed by atoms with van der Waals surface area (Å²) in [5.74, 6) is -1.59. The Morgan fingerprint density at radius 3 is 2.75 bits per heavy atom. The maximum Gasteiger partial charge on any atom is 0.159 e. The van der Waals surface area contributed by atoms with E-state index in [1.54, 1.807) is 6.07 Å². The van der Waals surface area contributed by atoms with Gasteiger partial charge < -0.3 is 5.11 Å². The number of piperazine rings is 1. The molecule has 0 aromatic heterocycles. The summed E-state index contributed by atoms with van der Waals surface area (Å²) in [6.45, 7) is 5.32. The minimum absolute atomic E-state index is 0.226. The van der Waals surface area contributed by atoms with Crippen molar-refractivity contribution in [2.45, 2.75) is 38.1 Å². The lowest BCUT2D eigenvalue weighted by molar-refractivity contribution is 0.0528. The van der Waals surface area contributed by atoms with Crippen molar-refractivity contribution < 1.29 is 13.9 Å². The predicted molar refractivity (Wildman–Crippen MR) is 72.2 cm³/mol. The van der Waals surface area contributed by atoms with Gasteiger partial charge in [-0.15, -0.1) is 0 Å². The van der Waals surface area contributed by atoms with Gasteiger partial charge in [0.2, 0.25) is 0 Å². The second kappa shape index (κ2) is 5.39. The molecule has 0 radical (unpaired) electrons. The lowest BCUT2D eigenvalue weighted by atomic mass is 10.1. The molecule has 2 fully saturated rings. The fraction of sp³-hybridized carbons (Fsp3) is 0.600. The third kappa shape index (κ3) is 2.71. The highest BCUT2D eigenvalue weighted by molar-refractivity contribution is 5.18. The number of nitrogens with zero attached hydrogens (tertiary/aromatic N) is 2. The predicted octanol–water partition coefficient (Wildman–Crippen LogP) is 1.60. The molecular weight excluding hydrogens is 262 g/mol. The van der Waals surface area contributed by atoms with Crippen LogP contribution in [0, 0.1) is 11.6 Å². The van der Waals surface area contributed by atoms with E-state index in [1.807, 2.05) is 0 Å². The quantitative estimate of drug-likeness (QED) is 0.892. The summed E-state index contributed by atoms with van der Waals surface area (Å²) in [5, 5.41) is 9.74. The number of fused-ring (bicyclic) bond motifs is 1. The molecule has 2 aliphatic heterocycles. The Bertz CT molecular complexity index is 497. The van der Waals surface area contributed by atoms with Crippen LogP contribution >= 0.6 is 0 Å². The number of hydrogen-bond acceptors (Lipinski definition) is 3. The first-order valence-corrected chi connectivity index (χ1v) is 7.13. The Labute approximate surface area is 117 Å². The summed E-state index contributed by atoms with van der Waals surface area (Å²) in [6.07, 6.45) is 0.580. The second-order valence-corrected chi connectivity index (χ2v) is 6.02. The van der Waals surface area contributed by atoms with Gasteiger partial charge in [-0.3, -0.25) is 9.80 Å². The average molecular weight is 282 g/mol. The van der Waals surface area contributed by atoms with Crippen LogP contribution in [0.3, 0.4) is 0 Å². The molecule has 20 heavy (non-hydrogen) atoms. The highest BCUT2D eigenvalue weighted by atomic mass is 19.2. The van der Waals surface area contributed by atoms with E-state index in [2.05, 4.69) is 16.7 Å². The van der Waals surface area contributed by atoms with Crippen LogP contribution in [0.25, 0.3) is 0 Å². The Morgan fingerprint density at radius 2 is 2.00 bits per heavy atom. The summed E-state index contributed by atoms with van der Waals surface area (Å²) < 4.78 is 26.2. The average Bonchev–Trinajstić information content (AvgIpc) is 2.73. The normalized spacial score (nSPS) is 31.5. The maximum atomic E-state index is 13.3. The van der Waals surface area contributed by atoms with E-state index in [9.17, 15) is 13.9 Å². The summed E-state index contributed by atoms with van der Waals surface area (Å²) >= 11 is 0. The van der Waals surface area contributed by atoms with Crippen LogP contribution in [0.4, 0.5) is 8.78 Å². The molecule has 0 spiro atoms. The first kappa shape index (κ1) is 13.9. The first-order chi connectivity index (χ1) is 9.52. The van der Waals surface area contributed by atoms with Gasteiger partial charge in [-0.05, 0) is 31.0 Å². The molecule has 110 valence electrons. The Morgan fingerprint density at radius 1 is 1.20 bits per heavy atom. The number of aliphatic hydroxyl groups excluding tert-OH is 1. The zero-order valence-corrected chi connectivity index (χ0v) is 11.6. The van der Waals surface area contributed by atoms with Crippen molar-refractivity contribution in [3.63, 3.8) is 0 Å². The lowest BCUT2D eigenvalue weighted by Gasteiger charge is -2.42. The fourth-order valence-corrected chi connectivity index (χ4v) is 3.37. The molecule has 0 aliphatic carbocycles. The molecule has 0 unspecified atom stereocenters. The lowest BCUT2D eigenvalue weighted by Crippen LogP contribution is -2.54. The first-order valence-electron chi connectivity index (χ1n) is 7.13. The SMILES string of the molecule is C[C@H]1CN2C[C@H](O)C[C@@H]2CN1Cc1ccc(F)c(F)c1. The third-order valence-electron chi connectivity index (χ3n) is 4.44. The van der Waals surface area contributed by atoms with Crippen LogP contribution in [0.15, 0.2) is 18.2 Å². The van der Waals surface area contributed by atoms with E-state index in [4.69, 9.17) is 0 Å². The van der Waals surface area contributed by atoms with Crippen LogP contribution in [0.5, 0.6) is 0 Å². The second-order valence-electron chi connectivity index (χ2n) is 6.02. The molecule has 2 heterocycles. The largest absolute Gasteiger partial charge is 0.392 e. The van der Waals surface area contributed by atoms with Gasteiger partial charge in [0.1, 0.15) is 0 Å². The molecule has 0 amide bonds. The topological polar surface area (TPSA) is 26.7 Å². The highest BCUT2D eigenvalue weighted by Gasteiger charge is 2.37. The molecule has 1 aromatic rings. The molecule has 0 bridgehead atoms. The molecular formula is C15H20F2N2O. The van der Waals surface area contributed by atoms with Crippen molar-refractivity contribution in [1.82, 2.24) is 9.80 Å². The summed E-state index contributed by atoms with van der Waals surface area (Å²) in [4.78, 5) is 4.61. The number of rotatable bonds is 2. The maximum absolute atomic E-state index is 13.3. The van der Waals surface area contributed by atoms with Gasteiger partial charge in [0.05, 0.1) is 6.10 Å².